The highest BCUT2D eigenvalue weighted by Crippen LogP contribution is 2.27. The number of rotatable bonds is 7. The van der Waals surface area contributed by atoms with Gasteiger partial charge in [0, 0.05) is 32.8 Å². The van der Waals surface area contributed by atoms with Crippen LogP contribution in [0.2, 0.25) is 0 Å². The van der Waals surface area contributed by atoms with E-state index in [9.17, 15) is 14.4 Å². The number of amides is 1. The number of nitrogens with zero attached hydrogens (tertiary/aromatic N) is 4. The van der Waals surface area contributed by atoms with Gasteiger partial charge in [0.05, 0.1) is 19.0 Å². The summed E-state index contributed by atoms with van der Waals surface area (Å²) in [6.45, 7) is 1.17. The monoisotopic (exact) mass is 471 g/mol. The average molecular weight is 472 g/mol. The number of carbonyl (C=O) groups excluding carboxylic acids is 1. The van der Waals surface area contributed by atoms with Crippen molar-refractivity contribution in [2.75, 3.05) is 26.0 Å². The molecule has 1 fully saturated rings. The molecule has 1 amide bonds. The van der Waals surface area contributed by atoms with E-state index in [4.69, 9.17) is 9.47 Å². The summed E-state index contributed by atoms with van der Waals surface area (Å²) in [5, 5.41) is 3.40. The molecule has 0 radical (unpaired) electrons. The fourth-order valence-electron chi connectivity index (χ4n) is 3.64. The average Bonchev–Trinajstić information content (AvgIpc) is 3.36. The maximum atomic E-state index is 12.9. The van der Waals surface area contributed by atoms with Gasteiger partial charge >= 0.3 is 5.69 Å². The van der Waals surface area contributed by atoms with Crippen LogP contribution in [0, 0.1) is 0 Å². The molecule has 174 valence electrons. The first-order chi connectivity index (χ1) is 15.9. The van der Waals surface area contributed by atoms with Crippen LogP contribution in [0.4, 0.5) is 0 Å². The van der Waals surface area contributed by atoms with Crippen molar-refractivity contribution in [2.45, 2.75) is 24.0 Å². The standard InChI is InChI=1S/C22H25N5O5S/c1-26-19-17(21(29)27(2)22(26)30)20(33-12-16(28)23-11-15-8-5-9-32-15)25-18(24-19)13-6-4-7-14(10-13)31-3/h4,6-7,10,15H,5,8-9,11-12H2,1-3H3,(H,23,28)/t15-/m0/s1. The van der Waals surface area contributed by atoms with Crippen molar-refractivity contribution >= 4 is 28.7 Å². The van der Waals surface area contributed by atoms with Gasteiger partial charge in [-0.05, 0) is 25.0 Å². The van der Waals surface area contributed by atoms with Gasteiger partial charge in [-0.2, -0.15) is 0 Å². The predicted molar refractivity (Wildman–Crippen MR) is 125 cm³/mol. The Morgan fingerprint density at radius 3 is 2.82 bits per heavy atom. The summed E-state index contributed by atoms with van der Waals surface area (Å²) in [4.78, 5) is 47.0. The molecule has 1 aliphatic rings. The molecule has 1 atom stereocenters. The van der Waals surface area contributed by atoms with Gasteiger partial charge < -0.3 is 14.8 Å². The van der Waals surface area contributed by atoms with E-state index in [1.807, 2.05) is 6.07 Å². The minimum atomic E-state index is -0.507. The molecule has 1 N–H and O–H groups in total. The highest BCUT2D eigenvalue weighted by atomic mass is 32.2. The molecule has 10 nitrogen and oxygen atoms in total. The van der Waals surface area contributed by atoms with Crippen LogP contribution in [0.3, 0.4) is 0 Å². The molecule has 0 unspecified atom stereocenters. The normalized spacial score (nSPS) is 15.7. The number of aryl methyl sites for hydroxylation is 1. The molecule has 3 aromatic rings. The van der Waals surface area contributed by atoms with Gasteiger partial charge in [-0.15, -0.1) is 0 Å². The second-order valence-corrected chi connectivity index (χ2v) is 8.68. The van der Waals surface area contributed by atoms with E-state index in [0.29, 0.717) is 28.7 Å². The van der Waals surface area contributed by atoms with Crippen molar-refractivity contribution in [2.24, 2.45) is 14.1 Å². The van der Waals surface area contributed by atoms with E-state index < -0.39 is 11.2 Å². The molecule has 3 heterocycles. The second-order valence-electron chi connectivity index (χ2n) is 7.72. The summed E-state index contributed by atoms with van der Waals surface area (Å²) >= 11 is 1.13. The Morgan fingerprint density at radius 2 is 2.09 bits per heavy atom. The van der Waals surface area contributed by atoms with Crippen LogP contribution in [0.1, 0.15) is 12.8 Å². The van der Waals surface area contributed by atoms with Crippen molar-refractivity contribution in [3.63, 3.8) is 0 Å². The van der Waals surface area contributed by atoms with Crippen molar-refractivity contribution < 1.29 is 14.3 Å². The summed E-state index contributed by atoms with van der Waals surface area (Å²) in [5.41, 5.74) is -0.132. The Hall–Kier alpha value is -3.18. The summed E-state index contributed by atoms with van der Waals surface area (Å²) < 4.78 is 13.1. The molecule has 0 aliphatic carbocycles. The lowest BCUT2D eigenvalue weighted by atomic mass is 10.2. The zero-order valence-electron chi connectivity index (χ0n) is 18.7. The fraction of sp³-hybridized carbons (Fsp3) is 0.409. The number of nitrogens with one attached hydrogen (secondary N) is 1. The Balaban J connectivity index is 1.71. The highest BCUT2D eigenvalue weighted by molar-refractivity contribution is 8.00. The second kappa shape index (κ2) is 9.75. The van der Waals surface area contributed by atoms with E-state index >= 15 is 0 Å². The summed E-state index contributed by atoms with van der Waals surface area (Å²) in [6, 6.07) is 7.18. The number of hydrogen-bond donors (Lipinski definition) is 1. The number of benzene rings is 1. The third kappa shape index (κ3) is 4.79. The maximum absolute atomic E-state index is 12.9. The first-order valence-corrected chi connectivity index (χ1v) is 11.5. The third-order valence-corrected chi connectivity index (χ3v) is 6.46. The molecule has 4 rings (SSSR count). The molecular formula is C22H25N5O5S. The number of thioether (sulfide) groups is 1. The molecule has 0 spiro atoms. The van der Waals surface area contributed by atoms with E-state index in [1.54, 1.807) is 32.4 Å². The van der Waals surface area contributed by atoms with Gasteiger partial charge in [0.1, 0.15) is 16.2 Å². The van der Waals surface area contributed by atoms with Gasteiger partial charge in [0.2, 0.25) is 5.91 Å². The van der Waals surface area contributed by atoms with Crippen molar-refractivity contribution in [3.05, 3.63) is 45.1 Å². The largest absolute Gasteiger partial charge is 0.497 e. The molecular weight excluding hydrogens is 446 g/mol. The number of hydrogen-bond acceptors (Lipinski definition) is 8. The van der Waals surface area contributed by atoms with Gasteiger partial charge in [-0.1, -0.05) is 23.9 Å². The maximum Gasteiger partial charge on any atom is 0.332 e. The van der Waals surface area contributed by atoms with Crippen LogP contribution in [0.15, 0.2) is 38.9 Å². The first-order valence-electron chi connectivity index (χ1n) is 10.5. The van der Waals surface area contributed by atoms with E-state index in [-0.39, 0.29) is 28.8 Å². The highest BCUT2D eigenvalue weighted by Gasteiger charge is 2.20. The smallest absolute Gasteiger partial charge is 0.332 e. The molecule has 33 heavy (non-hydrogen) atoms. The first kappa shape index (κ1) is 23.0. The Bertz CT molecular complexity index is 1310. The summed E-state index contributed by atoms with van der Waals surface area (Å²) in [5.74, 6) is 0.818. The van der Waals surface area contributed by atoms with E-state index in [0.717, 1.165) is 35.8 Å². The van der Waals surface area contributed by atoms with Crippen molar-refractivity contribution in [1.82, 2.24) is 24.4 Å². The lowest BCUT2D eigenvalue weighted by Gasteiger charge is -2.13. The molecule has 11 heteroatoms. The Morgan fingerprint density at radius 1 is 1.27 bits per heavy atom. The summed E-state index contributed by atoms with van der Waals surface area (Å²) in [7, 11) is 4.52. The minimum absolute atomic E-state index is 0.0420. The number of carbonyl (C=O) groups is 1. The minimum Gasteiger partial charge on any atom is -0.497 e. The van der Waals surface area contributed by atoms with Gasteiger partial charge in [-0.3, -0.25) is 18.7 Å². The number of fused-ring (bicyclic) bond motifs is 1. The van der Waals surface area contributed by atoms with Gasteiger partial charge in [-0.25, -0.2) is 14.8 Å². The molecule has 2 aromatic heterocycles. The van der Waals surface area contributed by atoms with Crippen LogP contribution in [0.5, 0.6) is 5.75 Å². The van der Waals surface area contributed by atoms with Gasteiger partial charge in [0.25, 0.3) is 5.56 Å². The van der Waals surface area contributed by atoms with Crippen LogP contribution in [-0.4, -0.2) is 57.1 Å². The molecule has 1 aliphatic heterocycles. The Kier molecular flexibility index (Phi) is 6.80. The van der Waals surface area contributed by atoms with Gasteiger partial charge in [0.15, 0.2) is 11.5 Å². The topological polar surface area (TPSA) is 117 Å². The van der Waals surface area contributed by atoms with Crippen molar-refractivity contribution in [1.29, 1.82) is 0 Å². The van der Waals surface area contributed by atoms with E-state index in [2.05, 4.69) is 15.3 Å². The quantitative estimate of drug-likeness (QED) is 0.402. The lowest BCUT2D eigenvalue weighted by Crippen LogP contribution is -2.38. The zero-order valence-corrected chi connectivity index (χ0v) is 19.5. The molecule has 0 bridgehead atoms. The van der Waals surface area contributed by atoms with Crippen LogP contribution < -0.4 is 21.3 Å². The molecule has 1 aromatic carbocycles. The van der Waals surface area contributed by atoms with Crippen LogP contribution in [0.25, 0.3) is 22.4 Å². The number of aromatic nitrogens is 4. The van der Waals surface area contributed by atoms with E-state index in [1.165, 1.54) is 11.6 Å². The van der Waals surface area contributed by atoms with Crippen LogP contribution in [-0.2, 0) is 23.6 Å². The lowest BCUT2D eigenvalue weighted by molar-refractivity contribution is -0.119. The third-order valence-electron chi connectivity index (χ3n) is 5.49. The number of ether oxygens (including phenoxy) is 2. The predicted octanol–water partition coefficient (Wildman–Crippen LogP) is 1.09. The molecule has 0 saturated carbocycles. The Labute approximate surface area is 193 Å². The fourth-order valence-corrected chi connectivity index (χ4v) is 4.49. The van der Waals surface area contributed by atoms with Crippen molar-refractivity contribution in [3.8, 4) is 17.1 Å². The molecule has 1 saturated heterocycles. The zero-order chi connectivity index (χ0) is 23.5. The SMILES string of the molecule is COc1cccc(-c2nc(SCC(=O)NC[C@@H]3CCCO3)c3c(=O)n(C)c(=O)n(C)c3n2)c1. The number of methoxy groups -OCH3 is 1. The summed E-state index contributed by atoms with van der Waals surface area (Å²) in [6.07, 6.45) is 1.97. The van der Waals surface area contributed by atoms with Crippen LogP contribution >= 0.6 is 11.8 Å².